The minimum Gasteiger partial charge on any atom is -0.466 e. The molecule has 0 aliphatic heterocycles. The van der Waals surface area contributed by atoms with Gasteiger partial charge in [0, 0.05) is 18.7 Å². The molecule has 3 amide bonds. The smallest absolute Gasteiger partial charge is 0.408 e. The van der Waals surface area contributed by atoms with Gasteiger partial charge in [0.25, 0.3) is 0 Å². The normalized spacial score (nSPS) is 12.5. The number of unbranched alkanes of at least 4 members (excludes halogenated alkanes) is 2. The molecule has 2 unspecified atom stereocenters. The Morgan fingerprint density at radius 1 is 1.11 bits per heavy atom. The number of alkyl carbamates (subject to hydrolysis) is 1. The fourth-order valence-electron chi connectivity index (χ4n) is 3.63. The van der Waals surface area contributed by atoms with Gasteiger partial charge in [0.15, 0.2) is 0 Å². The fraction of sp³-hybridized carbons (Fsp3) is 0.571. The molecular formula is C28H41N3O6. The Hall–Kier alpha value is -3.54. The Kier molecular flexibility index (Phi) is 13.2. The standard InChI is InChI=1S/C28H41N3O6/c1-8-11-14-19-31(26(34)20(4)30-27(35)37-28(5,6)7)24(22-16-13-12-15-21(22)9-2)25(33)29-18-17-23(32)36-10-3/h2,12-13,15-16,20,24H,8,10-11,14,17-19H2,1,3-7H3,(H,29,33)(H,30,35). The predicted octanol–water partition coefficient (Wildman–Crippen LogP) is 3.71. The molecule has 0 heterocycles. The van der Waals surface area contributed by atoms with Crippen LogP contribution in [0.15, 0.2) is 24.3 Å². The highest BCUT2D eigenvalue weighted by Gasteiger charge is 2.35. The maximum atomic E-state index is 13.7. The van der Waals surface area contributed by atoms with Gasteiger partial charge in [0.1, 0.15) is 17.7 Å². The maximum absolute atomic E-state index is 13.7. The highest BCUT2D eigenvalue weighted by atomic mass is 16.6. The number of carbonyl (C=O) groups excluding carboxylic acids is 4. The molecule has 37 heavy (non-hydrogen) atoms. The van der Waals surface area contributed by atoms with Crippen molar-refractivity contribution in [1.29, 1.82) is 0 Å². The van der Waals surface area contributed by atoms with Crippen LogP contribution in [0.3, 0.4) is 0 Å². The zero-order valence-electron chi connectivity index (χ0n) is 22.9. The average molecular weight is 516 g/mol. The number of terminal acetylenes is 1. The fourth-order valence-corrected chi connectivity index (χ4v) is 3.63. The molecule has 2 N–H and O–H groups in total. The molecule has 2 atom stereocenters. The monoisotopic (exact) mass is 515 g/mol. The zero-order valence-corrected chi connectivity index (χ0v) is 22.9. The molecule has 1 aromatic carbocycles. The molecule has 0 fully saturated rings. The van der Waals surface area contributed by atoms with Crippen LogP contribution < -0.4 is 10.6 Å². The third-order valence-corrected chi connectivity index (χ3v) is 5.29. The number of nitrogens with one attached hydrogen (secondary N) is 2. The van der Waals surface area contributed by atoms with Crippen molar-refractivity contribution in [1.82, 2.24) is 15.5 Å². The van der Waals surface area contributed by atoms with Crippen LogP contribution in [-0.2, 0) is 23.9 Å². The second-order valence-corrected chi connectivity index (χ2v) is 9.59. The number of carbonyl (C=O) groups is 4. The molecular weight excluding hydrogens is 474 g/mol. The van der Waals surface area contributed by atoms with E-state index in [1.165, 1.54) is 4.90 Å². The Bertz CT molecular complexity index is 963. The van der Waals surface area contributed by atoms with Gasteiger partial charge in [-0.1, -0.05) is 43.9 Å². The molecule has 0 bridgehead atoms. The second kappa shape index (κ2) is 15.5. The van der Waals surface area contributed by atoms with Crippen LogP contribution in [0.5, 0.6) is 0 Å². The van der Waals surface area contributed by atoms with E-state index in [0.29, 0.717) is 17.5 Å². The highest BCUT2D eigenvalue weighted by Crippen LogP contribution is 2.26. The number of amides is 3. The van der Waals surface area contributed by atoms with E-state index in [1.807, 2.05) is 6.92 Å². The lowest BCUT2D eigenvalue weighted by Gasteiger charge is -2.34. The SMILES string of the molecule is C#Cc1ccccc1C(C(=O)NCCC(=O)OCC)N(CCCCC)C(=O)C(C)NC(=O)OC(C)(C)C. The van der Waals surface area contributed by atoms with Gasteiger partial charge in [-0.25, -0.2) is 4.79 Å². The summed E-state index contributed by atoms with van der Waals surface area (Å²) < 4.78 is 10.2. The molecule has 0 aliphatic rings. The molecule has 0 saturated heterocycles. The van der Waals surface area contributed by atoms with Crippen molar-refractivity contribution in [3.8, 4) is 12.3 Å². The molecule has 1 aromatic rings. The summed E-state index contributed by atoms with van der Waals surface area (Å²) in [5.74, 6) is 1.21. The van der Waals surface area contributed by atoms with Crippen LogP contribution in [0.2, 0.25) is 0 Å². The van der Waals surface area contributed by atoms with Gasteiger partial charge in [0.2, 0.25) is 11.8 Å². The van der Waals surface area contributed by atoms with Crippen molar-refractivity contribution in [2.24, 2.45) is 0 Å². The van der Waals surface area contributed by atoms with E-state index in [4.69, 9.17) is 15.9 Å². The van der Waals surface area contributed by atoms with E-state index in [1.54, 1.807) is 58.9 Å². The summed E-state index contributed by atoms with van der Waals surface area (Å²) in [6.07, 6.45) is 7.37. The summed E-state index contributed by atoms with van der Waals surface area (Å²) >= 11 is 0. The van der Waals surface area contributed by atoms with Crippen LogP contribution in [0, 0.1) is 12.3 Å². The van der Waals surface area contributed by atoms with Crippen molar-refractivity contribution in [3.05, 3.63) is 35.4 Å². The molecule has 9 heteroatoms. The lowest BCUT2D eigenvalue weighted by molar-refractivity contribution is -0.144. The molecule has 0 spiro atoms. The third-order valence-electron chi connectivity index (χ3n) is 5.29. The molecule has 0 aliphatic carbocycles. The van der Waals surface area contributed by atoms with Gasteiger partial charge >= 0.3 is 12.1 Å². The van der Waals surface area contributed by atoms with Gasteiger partial charge < -0.3 is 25.0 Å². The van der Waals surface area contributed by atoms with E-state index >= 15 is 0 Å². The quantitative estimate of drug-likeness (QED) is 0.235. The van der Waals surface area contributed by atoms with Gasteiger partial charge in [-0.15, -0.1) is 6.42 Å². The Balaban J connectivity index is 3.33. The van der Waals surface area contributed by atoms with Crippen molar-refractivity contribution in [2.45, 2.75) is 84.9 Å². The Labute approximate surface area is 220 Å². The summed E-state index contributed by atoms with van der Waals surface area (Å²) in [4.78, 5) is 52.7. The summed E-state index contributed by atoms with van der Waals surface area (Å²) in [6.45, 7) is 11.0. The molecule has 9 nitrogen and oxygen atoms in total. The number of hydrogen-bond donors (Lipinski definition) is 2. The first-order valence-electron chi connectivity index (χ1n) is 12.7. The largest absolute Gasteiger partial charge is 0.466 e. The zero-order chi connectivity index (χ0) is 28.0. The van der Waals surface area contributed by atoms with E-state index < -0.39 is 41.6 Å². The minimum atomic E-state index is -1.07. The second-order valence-electron chi connectivity index (χ2n) is 9.59. The van der Waals surface area contributed by atoms with Crippen molar-refractivity contribution in [3.63, 3.8) is 0 Å². The van der Waals surface area contributed by atoms with E-state index in [0.717, 1.165) is 12.8 Å². The number of nitrogens with zero attached hydrogens (tertiary/aromatic N) is 1. The lowest BCUT2D eigenvalue weighted by atomic mass is 9.97. The summed E-state index contributed by atoms with van der Waals surface area (Å²) in [6, 6.07) is 4.87. The number of ether oxygens (including phenoxy) is 2. The number of rotatable bonds is 13. The van der Waals surface area contributed by atoms with Crippen molar-refractivity contribution in [2.75, 3.05) is 19.7 Å². The van der Waals surface area contributed by atoms with Crippen LogP contribution in [0.1, 0.15) is 84.4 Å². The van der Waals surface area contributed by atoms with Gasteiger partial charge in [-0.2, -0.15) is 0 Å². The van der Waals surface area contributed by atoms with Crippen molar-refractivity contribution >= 4 is 23.9 Å². The van der Waals surface area contributed by atoms with Crippen LogP contribution >= 0.6 is 0 Å². The number of benzene rings is 1. The number of esters is 1. The van der Waals surface area contributed by atoms with Gasteiger partial charge in [-0.3, -0.25) is 14.4 Å². The van der Waals surface area contributed by atoms with E-state index in [2.05, 4.69) is 16.6 Å². The Morgan fingerprint density at radius 2 is 1.78 bits per heavy atom. The Morgan fingerprint density at radius 3 is 2.38 bits per heavy atom. The first-order chi connectivity index (χ1) is 17.4. The van der Waals surface area contributed by atoms with E-state index in [9.17, 15) is 19.2 Å². The summed E-state index contributed by atoms with van der Waals surface area (Å²) in [5, 5.41) is 5.31. The average Bonchev–Trinajstić information content (AvgIpc) is 2.82. The van der Waals surface area contributed by atoms with Crippen LogP contribution in [-0.4, -0.2) is 60.1 Å². The predicted molar refractivity (Wildman–Crippen MR) is 141 cm³/mol. The first kappa shape index (κ1) is 31.5. The molecule has 0 radical (unpaired) electrons. The number of hydrogen-bond acceptors (Lipinski definition) is 6. The molecule has 0 aromatic heterocycles. The highest BCUT2D eigenvalue weighted by molar-refractivity contribution is 5.92. The lowest BCUT2D eigenvalue weighted by Crippen LogP contribution is -2.52. The first-order valence-corrected chi connectivity index (χ1v) is 12.7. The van der Waals surface area contributed by atoms with Gasteiger partial charge in [-0.05, 0) is 52.7 Å². The van der Waals surface area contributed by atoms with Crippen molar-refractivity contribution < 1.29 is 28.7 Å². The van der Waals surface area contributed by atoms with Gasteiger partial charge in [0.05, 0.1) is 13.0 Å². The van der Waals surface area contributed by atoms with E-state index in [-0.39, 0.29) is 26.1 Å². The van der Waals surface area contributed by atoms with Crippen LogP contribution in [0.4, 0.5) is 4.79 Å². The molecule has 0 saturated carbocycles. The third kappa shape index (κ3) is 10.9. The molecule has 204 valence electrons. The summed E-state index contributed by atoms with van der Waals surface area (Å²) in [5.41, 5.74) is 0.211. The maximum Gasteiger partial charge on any atom is 0.408 e. The summed E-state index contributed by atoms with van der Waals surface area (Å²) in [7, 11) is 0. The van der Waals surface area contributed by atoms with Crippen LogP contribution in [0.25, 0.3) is 0 Å². The topological polar surface area (TPSA) is 114 Å². The minimum absolute atomic E-state index is 0.0104. The molecule has 1 rings (SSSR count).